The SMILES string of the molecule is CC(C)C1CC(O)(C2CCCC2)C1. The summed E-state index contributed by atoms with van der Waals surface area (Å²) < 4.78 is 0. The zero-order valence-corrected chi connectivity index (χ0v) is 8.92. The fourth-order valence-corrected chi connectivity index (χ4v) is 3.12. The lowest BCUT2D eigenvalue weighted by Gasteiger charge is -2.49. The van der Waals surface area contributed by atoms with Crippen LogP contribution < -0.4 is 0 Å². The van der Waals surface area contributed by atoms with Gasteiger partial charge in [0.05, 0.1) is 5.60 Å². The summed E-state index contributed by atoms with van der Waals surface area (Å²) in [5.41, 5.74) is -0.245. The molecule has 2 aliphatic carbocycles. The molecule has 0 bridgehead atoms. The van der Waals surface area contributed by atoms with Gasteiger partial charge in [0.25, 0.3) is 0 Å². The summed E-state index contributed by atoms with van der Waals surface area (Å²) in [5.74, 6) is 2.20. The van der Waals surface area contributed by atoms with Crippen LogP contribution in [0, 0.1) is 17.8 Å². The summed E-state index contributed by atoms with van der Waals surface area (Å²) in [6.45, 7) is 4.55. The van der Waals surface area contributed by atoms with Crippen molar-refractivity contribution in [1.82, 2.24) is 0 Å². The van der Waals surface area contributed by atoms with Gasteiger partial charge in [0.2, 0.25) is 0 Å². The predicted molar refractivity (Wildman–Crippen MR) is 54.5 cm³/mol. The van der Waals surface area contributed by atoms with Crippen molar-refractivity contribution in [3.8, 4) is 0 Å². The van der Waals surface area contributed by atoms with Gasteiger partial charge < -0.3 is 5.11 Å². The molecule has 76 valence electrons. The van der Waals surface area contributed by atoms with E-state index >= 15 is 0 Å². The van der Waals surface area contributed by atoms with Gasteiger partial charge in [-0.2, -0.15) is 0 Å². The summed E-state index contributed by atoms with van der Waals surface area (Å²) in [7, 11) is 0. The fraction of sp³-hybridized carbons (Fsp3) is 1.00. The van der Waals surface area contributed by atoms with Crippen molar-refractivity contribution in [2.75, 3.05) is 0 Å². The average Bonchev–Trinajstić information content (AvgIpc) is 2.49. The third kappa shape index (κ3) is 1.63. The van der Waals surface area contributed by atoms with Gasteiger partial charge in [-0.1, -0.05) is 26.7 Å². The largest absolute Gasteiger partial charge is 0.390 e. The Morgan fingerprint density at radius 1 is 1.15 bits per heavy atom. The van der Waals surface area contributed by atoms with E-state index in [-0.39, 0.29) is 5.60 Å². The van der Waals surface area contributed by atoms with Crippen LogP contribution in [-0.4, -0.2) is 10.7 Å². The van der Waals surface area contributed by atoms with Gasteiger partial charge in [-0.25, -0.2) is 0 Å². The second-order valence-corrected chi connectivity index (χ2v) is 5.50. The second-order valence-electron chi connectivity index (χ2n) is 5.50. The van der Waals surface area contributed by atoms with E-state index in [9.17, 15) is 5.11 Å². The Morgan fingerprint density at radius 3 is 2.15 bits per heavy atom. The molecular formula is C12H22O. The Kier molecular flexibility index (Phi) is 2.39. The first-order chi connectivity index (χ1) is 6.12. The molecule has 1 heteroatoms. The van der Waals surface area contributed by atoms with E-state index in [0.717, 1.165) is 24.7 Å². The van der Waals surface area contributed by atoms with Crippen LogP contribution in [-0.2, 0) is 0 Å². The molecule has 2 fully saturated rings. The Hall–Kier alpha value is -0.0400. The first-order valence-electron chi connectivity index (χ1n) is 5.84. The highest BCUT2D eigenvalue weighted by Gasteiger charge is 2.49. The van der Waals surface area contributed by atoms with E-state index in [0.29, 0.717) is 5.92 Å². The topological polar surface area (TPSA) is 20.2 Å². The number of hydrogen-bond donors (Lipinski definition) is 1. The molecule has 0 aliphatic heterocycles. The molecule has 0 saturated heterocycles. The Bertz CT molecular complexity index is 174. The lowest BCUT2D eigenvalue weighted by Crippen LogP contribution is -2.50. The minimum atomic E-state index is -0.245. The Morgan fingerprint density at radius 2 is 1.69 bits per heavy atom. The van der Waals surface area contributed by atoms with Gasteiger partial charge >= 0.3 is 0 Å². The van der Waals surface area contributed by atoms with Crippen LogP contribution in [0.2, 0.25) is 0 Å². The van der Waals surface area contributed by atoms with Gasteiger partial charge in [-0.15, -0.1) is 0 Å². The monoisotopic (exact) mass is 182 g/mol. The van der Waals surface area contributed by atoms with E-state index < -0.39 is 0 Å². The zero-order chi connectivity index (χ0) is 9.47. The van der Waals surface area contributed by atoms with Crippen molar-refractivity contribution in [2.24, 2.45) is 17.8 Å². The summed E-state index contributed by atoms with van der Waals surface area (Å²) >= 11 is 0. The molecule has 2 saturated carbocycles. The van der Waals surface area contributed by atoms with Crippen molar-refractivity contribution in [3.05, 3.63) is 0 Å². The van der Waals surface area contributed by atoms with Crippen molar-refractivity contribution < 1.29 is 5.11 Å². The summed E-state index contributed by atoms with van der Waals surface area (Å²) in [6, 6.07) is 0. The molecule has 13 heavy (non-hydrogen) atoms. The van der Waals surface area contributed by atoms with Gasteiger partial charge in [0, 0.05) is 0 Å². The predicted octanol–water partition coefficient (Wildman–Crippen LogP) is 2.97. The van der Waals surface area contributed by atoms with Crippen molar-refractivity contribution in [2.45, 2.75) is 58.0 Å². The van der Waals surface area contributed by atoms with E-state index in [1.165, 1.54) is 25.7 Å². The molecule has 0 aromatic carbocycles. The quantitative estimate of drug-likeness (QED) is 0.696. The number of aliphatic hydroxyl groups is 1. The maximum atomic E-state index is 10.3. The standard InChI is InChI=1S/C12H22O/c1-9(2)10-7-12(13,8-10)11-5-3-4-6-11/h9-11,13H,3-8H2,1-2H3. The van der Waals surface area contributed by atoms with E-state index in [4.69, 9.17) is 0 Å². The molecule has 0 aromatic rings. The molecule has 0 radical (unpaired) electrons. The van der Waals surface area contributed by atoms with Crippen molar-refractivity contribution in [1.29, 1.82) is 0 Å². The second kappa shape index (κ2) is 3.27. The average molecular weight is 182 g/mol. The zero-order valence-electron chi connectivity index (χ0n) is 8.92. The van der Waals surface area contributed by atoms with Crippen molar-refractivity contribution in [3.63, 3.8) is 0 Å². The lowest BCUT2D eigenvalue weighted by molar-refractivity contribution is -0.127. The van der Waals surface area contributed by atoms with Gasteiger partial charge in [-0.3, -0.25) is 0 Å². The number of rotatable bonds is 2. The Labute approximate surface area is 81.5 Å². The molecule has 0 aromatic heterocycles. The maximum Gasteiger partial charge on any atom is 0.0681 e. The molecule has 0 amide bonds. The normalized spacial score (nSPS) is 41.1. The van der Waals surface area contributed by atoms with Crippen LogP contribution >= 0.6 is 0 Å². The van der Waals surface area contributed by atoms with Crippen LogP contribution in [0.1, 0.15) is 52.4 Å². The highest BCUT2D eigenvalue weighted by molar-refractivity contribution is 5.00. The van der Waals surface area contributed by atoms with Crippen LogP contribution in [0.3, 0.4) is 0 Å². The minimum Gasteiger partial charge on any atom is -0.390 e. The fourth-order valence-electron chi connectivity index (χ4n) is 3.12. The minimum absolute atomic E-state index is 0.245. The van der Waals surface area contributed by atoms with Gasteiger partial charge in [0.1, 0.15) is 0 Å². The first kappa shape index (κ1) is 9.51. The molecule has 2 aliphatic rings. The molecule has 2 rings (SSSR count). The molecule has 1 nitrogen and oxygen atoms in total. The van der Waals surface area contributed by atoms with E-state index in [1.807, 2.05) is 0 Å². The Balaban J connectivity index is 1.87. The molecule has 0 spiro atoms. The van der Waals surface area contributed by atoms with Crippen LogP contribution in [0.25, 0.3) is 0 Å². The van der Waals surface area contributed by atoms with Gasteiger partial charge in [-0.05, 0) is 43.4 Å². The summed E-state index contributed by atoms with van der Waals surface area (Å²) in [5, 5.41) is 10.3. The highest BCUT2D eigenvalue weighted by Crippen LogP contribution is 2.50. The highest BCUT2D eigenvalue weighted by atomic mass is 16.3. The van der Waals surface area contributed by atoms with Crippen LogP contribution in [0.4, 0.5) is 0 Å². The van der Waals surface area contributed by atoms with Crippen molar-refractivity contribution >= 4 is 0 Å². The van der Waals surface area contributed by atoms with Crippen LogP contribution in [0.15, 0.2) is 0 Å². The third-order valence-corrected chi connectivity index (χ3v) is 4.29. The summed E-state index contributed by atoms with van der Waals surface area (Å²) in [6.07, 6.45) is 7.41. The smallest absolute Gasteiger partial charge is 0.0681 e. The summed E-state index contributed by atoms with van der Waals surface area (Å²) in [4.78, 5) is 0. The lowest BCUT2D eigenvalue weighted by atomic mass is 9.61. The first-order valence-corrected chi connectivity index (χ1v) is 5.84. The van der Waals surface area contributed by atoms with Gasteiger partial charge in [0.15, 0.2) is 0 Å². The van der Waals surface area contributed by atoms with E-state index in [2.05, 4.69) is 13.8 Å². The molecular weight excluding hydrogens is 160 g/mol. The molecule has 1 N–H and O–H groups in total. The molecule has 0 heterocycles. The van der Waals surface area contributed by atoms with Crippen LogP contribution in [0.5, 0.6) is 0 Å². The maximum absolute atomic E-state index is 10.3. The van der Waals surface area contributed by atoms with E-state index in [1.54, 1.807) is 0 Å². The number of hydrogen-bond acceptors (Lipinski definition) is 1. The molecule has 0 unspecified atom stereocenters. The molecule has 0 atom stereocenters. The third-order valence-electron chi connectivity index (χ3n) is 4.29.